The molecule has 0 amide bonds. The molecule has 152 valence electrons. The number of sulfonamides is 1. The van der Waals surface area contributed by atoms with Crippen molar-refractivity contribution in [1.29, 1.82) is 0 Å². The Hall–Kier alpha value is -3.33. The third kappa shape index (κ3) is 4.24. The molecule has 0 aliphatic carbocycles. The maximum Gasteiger partial charge on any atom is 0.342 e. The molecule has 0 aliphatic rings. The van der Waals surface area contributed by atoms with E-state index in [0.717, 1.165) is 6.07 Å². The van der Waals surface area contributed by atoms with E-state index < -0.39 is 22.0 Å². The maximum absolute atomic E-state index is 12.7. The van der Waals surface area contributed by atoms with E-state index in [9.17, 15) is 18.0 Å². The van der Waals surface area contributed by atoms with Crippen LogP contribution in [0.1, 0.15) is 40.3 Å². The van der Waals surface area contributed by atoms with Gasteiger partial charge in [0.15, 0.2) is 0 Å². The zero-order valence-corrected chi connectivity index (χ0v) is 16.7. The number of carboxylic acid groups (broad SMARTS) is 1. The number of anilines is 1. The minimum Gasteiger partial charge on any atom is -0.478 e. The average Bonchev–Trinajstić information content (AvgIpc) is 2.96. The molecule has 8 nitrogen and oxygen atoms in total. The van der Waals surface area contributed by atoms with Gasteiger partial charge in [0.1, 0.15) is 16.9 Å². The fourth-order valence-electron chi connectivity index (χ4n) is 2.82. The van der Waals surface area contributed by atoms with Crippen molar-refractivity contribution < 1.29 is 32.3 Å². The van der Waals surface area contributed by atoms with Crippen LogP contribution in [0.15, 0.2) is 51.8 Å². The number of hydrogen-bond acceptors (Lipinski definition) is 6. The molecule has 1 aromatic heterocycles. The zero-order chi connectivity index (χ0) is 21.3. The molecule has 0 saturated heterocycles. The highest BCUT2D eigenvalue weighted by Gasteiger charge is 2.22. The number of hydrogen-bond donors (Lipinski definition) is 2. The molecular formula is C20H19NO7S. The zero-order valence-electron chi connectivity index (χ0n) is 15.9. The highest BCUT2D eigenvalue weighted by atomic mass is 32.2. The summed E-state index contributed by atoms with van der Waals surface area (Å²) in [6.07, 6.45) is -0.324. The number of carbonyl (C=O) groups is 2. The number of aryl methyl sites for hydroxylation is 1. The summed E-state index contributed by atoms with van der Waals surface area (Å²) < 4.78 is 38.5. The number of aromatic carboxylic acids is 1. The van der Waals surface area contributed by atoms with Gasteiger partial charge in [-0.15, -0.1) is 0 Å². The summed E-state index contributed by atoms with van der Waals surface area (Å²) in [4.78, 5) is 23.3. The van der Waals surface area contributed by atoms with E-state index in [4.69, 9.17) is 14.3 Å². The molecule has 2 N–H and O–H groups in total. The number of furan rings is 1. The minimum absolute atomic E-state index is 0.146. The normalized spacial score (nSPS) is 11.6. The summed E-state index contributed by atoms with van der Waals surface area (Å²) in [7, 11) is -4.04. The van der Waals surface area contributed by atoms with E-state index in [0.29, 0.717) is 16.7 Å². The number of fused-ring (bicyclic) bond motifs is 1. The first-order chi connectivity index (χ1) is 13.6. The number of nitrogens with one attached hydrogen (secondary N) is 1. The predicted octanol–water partition coefficient (Wildman–Crippen LogP) is 3.81. The molecule has 2 aromatic carbocycles. The molecule has 0 unspecified atom stereocenters. The van der Waals surface area contributed by atoms with Gasteiger partial charge in [-0.2, -0.15) is 0 Å². The summed E-state index contributed by atoms with van der Waals surface area (Å²) in [5.41, 5.74) is 0.682. The summed E-state index contributed by atoms with van der Waals surface area (Å²) in [5.74, 6) is -1.43. The molecule has 0 aliphatic heterocycles. The van der Waals surface area contributed by atoms with Crippen LogP contribution in [-0.4, -0.2) is 31.6 Å². The molecule has 0 fully saturated rings. The van der Waals surface area contributed by atoms with E-state index in [1.807, 2.05) is 0 Å². The summed E-state index contributed by atoms with van der Waals surface area (Å²) in [6, 6.07) is 9.51. The van der Waals surface area contributed by atoms with Crippen molar-refractivity contribution in [3.63, 3.8) is 0 Å². The van der Waals surface area contributed by atoms with Gasteiger partial charge in [-0.25, -0.2) is 18.0 Å². The molecular weight excluding hydrogens is 398 g/mol. The van der Waals surface area contributed by atoms with Crippen LogP contribution >= 0.6 is 0 Å². The Morgan fingerprint density at radius 1 is 1.14 bits per heavy atom. The standard InChI is InChI=1S/C20H19NO7S/c1-11(2)27-20(24)18-12(3)28-17-8-7-14(10-16(17)18)21-29(25,26)15-6-4-5-13(9-15)19(22)23/h4-11,21H,1-3H3,(H,22,23). The lowest BCUT2D eigenvalue weighted by atomic mass is 10.1. The topological polar surface area (TPSA) is 123 Å². The van der Waals surface area contributed by atoms with Crippen molar-refractivity contribution in [3.05, 3.63) is 59.4 Å². The lowest BCUT2D eigenvalue weighted by Gasteiger charge is -2.10. The maximum atomic E-state index is 12.7. The van der Waals surface area contributed by atoms with Crippen molar-refractivity contribution in [2.24, 2.45) is 0 Å². The second-order valence-corrected chi connectivity index (χ2v) is 8.32. The minimum atomic E-state index is -4.04. The van der Waals surface area contributed by atoms with E-state index in [2.05, 4.69) is 4.72 Å². The third-order valence-electron chi connectivity index (χ3n) is 4.05. The Morgan fingerprint density at radius 2 is 1.86 bits per heavy atom. The first kappa shape index (κ1) is 20.4. The number of rotatable bonds is 6. The second-order valence-electron chi connectivity index (χ2n) is 6.64. The first-order valence-electron chi connectivity index (χ1n) is 8.69. The number of benzene rings is 2. The van der Waals surface area contributed by atoms with E-state index >= 15 is 0 Å². The van der Waals surface area contributed by atoms with Crippen LogP contribution < -0.4 is 4.72 Å². The van der Waals surface area contributed by atoms with Gasteiger partial charge in [0.05, 0.1) is 16.6 Å². The summed E-state index contributed by atoms with van der Waals surface area (Å²) in [5, 5.41) is 9.47. The number of carbonyl (C=O) groups excluding carboxylic acids is 1. The number of carboxylic acids is 1. The van der Waals surface area contributed by atoms with Gasteiger partial charge >= 0.3 is 11.9 Å². The summed E-state index contributed by atoms with van der Waals surface area (Å²) in [6.45, 7) is 5.07. The smallest absolute Gasteiger partial charge is 0.342 e. The van der Waals surface area contributed by atoms with Gasteiger partial charge < -0.3 is 14.3 Å². The lowest BCUT2D eigenvalue weighted by Crippen LogP contribution is -2.14. The molecule has 0 spiro atoms. The predicted molar refractivity (Wildman–Crippen MR) is 106 cm³/mol. The molecule has 0 saturated carbocycles. The van der Waals surface area contributed by atoms with Gasteiger partial charge in [0.25, 0.3) is 10.0 Å². The van der Waals surface area contributed by atoms with Crippen molar-refractivity contribution in [2.75, 3.05) is 4.72 Å². The van der Waals surface area contributed by atoms with Gasteiger partial charge in [0, 0.05) is 11.1 Å². The first-order valence-corrected chi connectivity index (χ1v) is 10.2. The number of ether oxygens (including phenoxy) is 1. The summed E-state index contributed by atoms with van der Waals surface area (Å²) >= 11 is 0. The Labute approximate surface area is 167 Å². The van der Waals surface area contributed by atoms with E-state index in [1.54, 1.807) is 26.8 Å². The third-order valence-corrected chi connectivity index (χ3v) is 5.43. The molecule has 0 bridgehead atoms. The Balaban J connectivity index is 1.99. The quantitative estimate of drug-likeness (QED) is 0.585. The molecule has 0 atom stereocenters. The SMILES string of the molecule is Cc1oc2ccc(NS(=O)(=O)c3cccc(C(=O)O)c3)cc2c1C(=O)OC(C)C. The molecule has 3 aromatic rings. The molecule has 0 radical (unpaired) electrons. The van der Waals surface area contributed by atoms with Crippen LogP contribution in [0.4, 0.5) is 5.69 Å². The van der Waals surface area contributed by atoms with Gasteiger partial charge in [-0.05, 0) is 57.2 Å². The fourth-order valence-corrected chi connectivity index (χ4v) is 3.92. The Kier molecular flexibility index (Phi) is 5.34. The molecule has 3 rings (SSSR count). The van der Waals surface area contributed by atoms with Gasteiger partial charge in [-0.1, -0.05) is 6.07 Å². The van der Waals surface area contributed by atoms with E-state index in [1.165, 1.54) is 30.3 Å². The van der Waals surface area contributed by atoms with Gasteiger partial charge in [-0.3, -0.25) is 4.72 Å². The lowest BCUT2D eigenvalue weighted by molar-refractivity contribution is 0.0377. The molecule has 29 heavy (non-hydrogen) atoms. The van der Waals surface area contributed by atoms with Gasteiger partial charge in [0.2, 0.25) is 0 Å². The average molecular weight is 417 g/mol. The Bertz CT molecular complexity index is 1210. The van der Waals surface area contributed by atoms with Crippen LogP contribution in [0.25, 0.3) is 11.0 Å². The number of esters is 1. The van der Waals surface area contributed by atoms with Crippen LogP contribution in [-0.2, 0) is 14.8 Å². The van der Waals surface area contributed by atoms with Crippen molar-refractivity contribution >= 4 is 38.6 Å². The van der Waals surface area contributed by atoms with E-state index in [-0.39, 0.29) is 27.8 Å². The highest BCUT2D eigenvalue weighted by molar-refractivity contribution is 7.92. The van der Waals surface area contributed by atoms with Crippen molar-refractivity contribution in [1.82, 2.24) is 0 Å². The Morgan fingerprint density at radius 3 is 2.52 bits per heavy atom. The monoisotopic (exact) mass is 417 g/mol. The largest absolute Gasteiger partial charge is 0.478 e. The van der Waals surface area contributed by atoms with Crippen LogP contribution in [0.5, 0.6) is 0 Å². The van der Waals surface area contributed by atoms with Crippen LogP contribution in [0.3, 0.4) is 0 Å². The van der Waals surface area contributed by atoms with Crippen molar-refractivity contribution in [3.8, 4) is 0 Å². The molecule has 1 heterocycles. The highest BCUT2D eigenvalue weighted by Crippen LogP contribution is 2.30. The van der Waals surface area contributed by atoms with Crippen LogP contribution in [0, 0.1) is 6.92 Å². The molecule has 9 heteroatoms. The van der Waals surface area contributed by atoms with Crippen molar-refractivity contribution in [2.45, 2.75) is 31.8 Å². The van der Waals surface area contributed by atoms with Crippen LogP contribution in [0.2, 0.25) is 0 Å². The fraction of sp³-hybridized carbons (Fsp3) is 0.200. The second kappa shape index (κ2) is 7.59.